The van der Waals surface area contributed by atoms with E-state index >= 15 is 0 Å². The highest BCUT2D eigenvalue weighted by atomic mass is 16.1. The first-order chi connectivity index (χ1) is 9.32. The number of ketones is 1. The molecule has 5 fully saturated rings. The number of hydrogen-bond acceptors (Lipinski definition) is 2. The topological polar surface area (TPSA) is 20.3 Å². The van der Waals surface area contributed by atoms with Crippen LogP contribution >= 0.6 is 0 Å². The molecule has 0 aromatic heterocycles. The third-order valence-corrected chi connectivity index (χ3v) is 6.89. The summed E-state index contributed by atoms with van der Waals surface area (Å²) in [6.45, 7) is 8.41. The number of nitrogens with zero attached hydrogens (tertiary/aromatic N) is 1. The van der Waals surface area contributed by atoms with Gasteiger partial charge in [-0.3, -0.25) is 9.69 Å². The highest BCUT2D eigenvalue weighted by Crippen LogP contribution is 2.68. The van der Waals surface area contributed by atoms with E-state index in [1.807, 2.05) is 0 Å². The fraction of sp³-hybridized carbons (Fsp3) is 0.944. The molecule has 3 atom stereocenters. The van der Waals surface area contributed by atoms with Crippen LogP contribution in [-0.2, 0) is 4.79 Å². The van der Waals surface area contributed by atoms with E-state index in [1.54, 1.807) is 0 Å². The summed E-state index contributed by atoms with van der Waals surface area (Å²) in [5, 5.41) is 0. The molecule has 0 N–H and O–H groups in total. The SMILES string of the molecule is CC1CC(=O)CCN1C12CC3CC(C)(CC(C)(C3)C1)C2. The van der Waals surface area contributed by atoms with Gasteiger partial charge in [-0.1, -0.05) is 13.8 Å². The second kappa shape index (κ2) is 3.88. The lowest BCUT2D eigenvalue weighted by molar-refractivity contribution is -0.175. The molecule has 4 saturated carbocycles. The molecule has 1 heterocycles. The van der Waals surface area contributed by atoms with Gasteiger partial charge in [0.05, 0.1) is 0 Å². The minimum absolute atomic E-state index is 0.434. The van der Waals surface area contributed by atoms with Crippen molar-refractivity contribution in [1.82, 2.24) is 4.90 Å². The van der Waals surface area contributed by atoms with Crippen molar-refractivity contribution >= 4 is 5.78 Å². The van der Waals surface area contributed by atoms with Gasteiger partial charge in [-0.15, -0.1) is 0 Å². The highest BCUT2D eigenvalue weighted by molar-refractivity contribution is 5.80. The van der Waals surface area contributed by atoms with Crippen LogP contribution in [0.2, 0.25) is 0 Å². The Morgan fingerprint density at radius 2 is 1.70 bits per heavy atom. The molecule has 2 nitrogen and oxygen atoms in total. The Balaban J connectivity index is 1.68. The van der Waals surface area contributed by atoms with E-state index in [9.17, 15) is 4.79 Å². The van der Waals surface area contributed by atoms with Gasteiger partial charge in [0.15, 0.2) is 0 Å². The van der Waals surface area contributed by atoms with Crippen molar-refractivity contribution in [3.05, 3.63) is 0 Å². The quantitative estimate of drug-likeness (QED) is 0.725. The zero-order valence-electron chi connectivity index (χ0n) is 13.4. The van der Waals surface area contributed by atoms with Gasteiger partial charge in [-0.2, -0.15) is 0 Å². The lowest BCUT2D eigenvalue weighted by Crippen LogP contribution is -2.67. The van der Waals surface area contributed by atoms with Gasteiger partial charge in [0.25, 0.3) is 0 Å². The Morgan fingerprint density at radius 3 is 2.25 bits per heavy atom. The molecule has 2 heteroatoms. The molecule has 20 heavy (non-hydrogen) atoms. The van der Waals surface area contributed by atoms with Crippen molar-refractivity contribution < 1.29 is 4.79 Å². The summed E-state index contributed by atoms with van der Waals surface area (Å²) < 4.78 is 0. The number of Topliss-reactive ketones (excluding diaryl/α,β-unsaturated/α-hetero) is 1. The summed E-state index contributed by atoms with van der Waals surface area (Å²) in [6.07, 6.45) is 10.2. The van der Waals surface area contributed by atoms with E-state index < -0.39 is 0 Å². The van der Waals surface area contributed by atoms with Crippen molar-refractivity contribution in [2.24, 2.45) is 16.7 Å². The number of carbonyl (C=O) groups excluding carboxylic acids is 1. The van der Waals surface area contributed by atoms with Gasteiger partial charge in [0, 0.05) is 31.0 Å². The summed E-state index contributed by atoms with van der Waals surface area (Å²) in [5.74, 6) is 1.43. The van der Waals surface area contributed by atoms with E-state index in [-0.39, 0.29) is 0 Å². The van der Waals surface area contributed by atoms with Gasteiger partial charge in [-0.05, 0) is 62.2 Å². The van der Waals surface area contributed by atoms with Crippen LogP contribution in [0.4, 0.5) is 0 Å². The lowest BCUT2D eigenvalue weighted by atomic mass is 9.42. The van der Waals surface area contributed by atoms with Crippen LogP contribution in [0.15, 0.2) is 0 Å². The maximum atomic E-state index is 11.7. The standard InChI is InChI=1S/C18H29NO/c1-13-6-15(20)4-5-19(13)18-9-14-7-16(2,11-18)10-17(3,8-14)12-18/h13-14H,4-12H2,1-3H3. The van der Waals surface area contributed by atoms with Crippen LogP contribution in [0.3, 0.4) is 0 Å². The Hall–Kier alpha value is -0.370. The summed E-state index contributed by atoms with van der Waals surface area (Å²) >= 11 is 0. The van der Waals surface area contributed by atoms with E-state index in [0.717, 1.165) is 25.3 Å². The maximum absolute atomic E-state index is 11.7. The van der Waals surface area contributed by atoms with Crippen molar-refractivity contribution in [3.8, 4) is 0 Å². The fourth-order valence-corrected chi connectivity index (χ4v) is 7.42. The normalized spacial score (nSPS) is 55.5. The first-order valence-electron chi connectivity index (χ1n) is 8.60. The van der Waals surface area contributed by atoms with Crippen LogP contribution < -0.4 is 0 Å². The molecule has 112 valence electrons. The van der Waals surface area contributed by atoms with E-state index in [0.29, 0.717) is 28.2 Å². The molecule has 1 saturated heterocycles. The van der Waals surface area contributed by atoms with Gasteiger partial charge in [0.1, 0.15) is 5.78 Å². The summed E-state index contributed by atoms with van der Waals surface area (Å²) in [4.78, 5) is 14.5. The molecule has 3 unspecified atom stereocenters. The maximum Gasteiger partial charge on any atom is 0.135 e. The Labute approximate surface area is 123 Å². The van der Waals surface area contributed by atoms with Crippen molar-refractivity contribution in [3.63, 3.8) is 0 Å². The number of carbonyl (C=O) groups is 1. The van der Waals surface area contributed by atoms with Crippen LogP contribution in [-0.4, -0.2) is 28.8 Å². The lowest BCUT2D eigenvalue weighted by Gasteiger charge is -2.69. The second-order valence-corrected chi connectivity index (χ2v) is 9.39. The van der Waals surface area contributed by atoms with Crippen LogP contribution in [0.5, 0.6) is 0 Å². The van der Waals surface area contributed by atoms with E-state index in [1.165, 1.54) is 38.5 Å². The molecule has 0 radical (unpaired) electrons. The zero-order valence-corrected chi connectivity index (χ0v) is 13.4. The van der Waals surface area contributed by atoms with Crippen LogP contribution in [0.25, 0.3) is 0 Å². The molecule has 5 aliphatic rings. The molecular weight excluding hydrogens is 246 g/mol. The minimum atomic E-state index is 0.434. The Kier molecular flexibility index (Phi) is 2.58. The third-order valence-electron chi connectivity index (χ3n) is 6.89. The smallest absolute Gasteiger partial charge is 0.135 e. The van der Waals surface area contributed by atoms with Crippen molar-refractivity contribution in [1.29, 1.82) is 0 Å². The summed E-state index contributed by atoms with van der Waals surface area (Å²) in [5.41, 5.74) is 1.59. The Morgan fingerprint density at radius 1 is 1.05 bits per heavy atom. The van der Waals surface area contributed by atoms with Crippen LogP contribution in [0.1, 0.15) is 72.1 Å². The predicted octanol–water partition coefficient (Wildman–Crippen LogP) is 3.79. The van der Waals surface area contributed by atoms with Gasteiger partial charge >= 0.3 is 0 Å². The van der Waals surface area contributed by atoms with E-state index in [2.05, 4.69) is 25.7 Å². The molecule has 0 aromatic carbocycles. The molecule has 5 rings (SSSR count). The largest absolute Gasteiger partial charge is 0.300 e. The highest BCUT2D eigenvalue weighted by Gasteiger charge is 2.62. The Bertz CT molecular complexity index is 438. The third kappa shape index (κ3) is 1.83. The number of piperidine rings is 1. The fourth-order valence-electron chi connectivity index (χ4n) is 7.42. The molecule has 1 aliphatic heterocycles. The van der Waals surface area contributed by atoms with Gasteiger partial charge in [-0.25, -0.2) is 0 Å². The molecule has 0 amide bonds. The summed E-state index contributed by atoms with van der Waals surface area (Å²) in [7, 11) is 0. The zero-order chi connectivity index (χ0) is 14.2. The van der Waals surface area contributed by atoms with Crippen LogP contribution in [0, 0.1) is 16.7 Å². The molecule has 4 aliphatic carbocycles. The van der Waals surface area contributed by atoms with Crippen molar-refractivity contribution in [2.75, 3.05) is 6.54 Å². The average molecular weight is 275 g/mol. The predicted molar refractivity (Wildman–Crippen MR) is 80.5 cm³/mol. The van der Waals surface area contributed by atoms with Gasteiger partial charge < -0.3 is 0 Å². The molecule has 0 spiro atoms. The van der Waals surface area contributed by atoms with Gasteiger partial charge in [0.2, 0.25) is 0 Å². The molecule has 4 bridgehead atoms. The first-order valence-corrected chi connectivity index (χ1v) is 8.60. The summed E-state index contributed by atoms with van der Waals surface area (Å²) in [6, 6.07) is 0.472. The monoisotopic (exact) mass is 275 g/mol. The molecular formula is C18H29NO. The number of hydrogen-bond donors (Lipinski definition) is 0. The molecule has 0 aromatic rings. The number of rotatable bonds is 1. The average Bonchev–Trinajstić information content (AvgIpc) is 2.22. The minimum Gasteiger partial charge on any atom is -0.300 e. The van der Waals surface area contributed by atoms with E-state index in [4.69, 9.17) is 0 Å². The first kappa shape index (κ1) is 13.3. The van der Waals surface area contributed by atoms with Crippen molar-refractivity contribution in [2.45, 2.75) is 83.7 Å². The number of likely N-dealkylation sites (tertiary alicyclic amines) is 1. The second-order valence-electron chi connectivity index (χ2n) is 9.39.